The number of amides is 1. The molecule has 0 unspecified atom stereocenters. The molecule has 100 valence electrons. The molecule has 1 saturated heterocycles. The van der Waals surface area contributed by atoms with Crippen LogP contribution in [0.2, 0.25) is 0 Å². The summed E-state index contributed by atoms with van der Waals surface area (Å²) in [6.45, 7) is 3.52. The Morgan fingerprint density at radius 3 is 2.76 bits per heavy atom. The highest BCUT2D eigenvalue weighted by atomic mass is 32.2. The zero-order valence-electron chi connectivity index (χ0n) is 10.9. The number of carbonyl (C=O) groups is 1. The predicted molar refractivity (Wildman–Crippen MR) is 72.4 cm³/mol. The normalized spacial score (nSPS) is 18.9. The third-order valence-corrected chi connectivity index (χ3v) is 3.92. The fraction of sp³-hybridized carbons (Fsp3) is 0.917. The summed E-state index contributed by atoms with van der Waals surface area (Å²) in [5.41, 5.74) is 0.134. The van der Waals surface area contributed by atoms with Gasteiger partial charge >= 0.3 is 0 Å². The van der Waals surface area contributed by atoms with Crippen LogP contribution in [0.5, 0.6) is 0 Å². The molecule has 1 fully saturated rings. The molecule has 4 nitrogen and oxygen atoms in total. The highest BCUT2D eigenvalue weighted by Gasteiger charge is 2.32. The molecule has 1 aliphatic heterocycles. The van der Waals surface area contributed by atoms with Gasteiger partial charge in [-0.15, -0.1) is 0 Å². The molecule has 1 rings (SSSR count). The Balaban J connectivity index is 2.35. The summed E-state index contributed by atoms with van der Waals surface area (Å²) in [4.78, 5) is 11.6. The zero-order chi connectivity index (χ0) is 12.6. The van der Waals surface area contributed by atoms with E-state index in [1.165, 1.54) is 0 Å². The molecule has 1 aliphatic rings. The summed E-state index contributed by atoms with van der Waals surface area (Å²) in [6, 6.07) is 0. The summed E-state index contributed by atoms with van der Waals surface area (Å²) in [6.07, 6.45) is 4.78. The smallest absolute Gasteiger partial charge is 0.220 e. The van der Waals surface area contributed by atoms with E-state index >= 15 is 0 Å². The van der Waals surface area contributed by atoms with E-state index in [1.807, 2.05) is 6.26 Å². The number of thioether (sulfide) groups is 1. The molecule has 2 N–H and O–H groups in total. The van der Waals surface area contributed by atoms with Gasteiger partial charge in [-0.25, -0.2) is 0 Å². The summed E-state index contributed by atoms with van der Waals surface area (Å²) < 4.78 is 5.31. The summed E-state index contributed by atoms with van der Waals surface area (Å²) in [5.74, 6) is 1.05. The first kappa shape index (κ1) is 14.8. The van der Waals surface area contributed by atoms with E-state index in [9.17, 15) is 4.79 Å². The van der Waals surface area contributed by atoms with E-state index in [0.717, 1.165) is 44.8 Å². The fourth-order valence-corrected chi connectivity index (χ4v) is 2.59. The van der Waals surface area contributed by atoms with Crippen LogP contribution in [0.3, 0.4) is 0 Å². The Labute approximate surface area is 108 Å². The van der Waals surface area contributed by atoms with Crippen LogP contribution in [0, 0.1) is 5.41 Å². The first-order valence-electron chi connectivity index (χ1n) is 6.18. The van der Waals surface area contributed by atoms with Gasteiger partial charge in [-0.1, -0.05) is 0 Å². The monoisotopic (exact) mass is 260 g/mol. The number of ether oxygens (including phenoxy) is 1. The molecule has 0 bridgehead atoms. The standard InChI is InChI=1S/C12H24N2O2S/c1-16-10-12(4-6-13-7-5-12)9-14-11(15)3-8-17-2/h13H,3-10H2,1-2H3,(H,14,15). The van der Waals surface area contributed by atoms with Gasteiger partial charge in [0.2, 0.25) is 5.91 Å². The van der Waals surface area contributed by atoms with Gasteiger partial charge in [0, 0.05) is 31.2 Å². The van der Waals surface area contributed by atoms with Crippen molar-refractivity contribution in [2.45, 2.75) is 19.3 Å². The maximum Gasteiger partial charge on any atom is 0.220 e. The Morgan fingerprint density at radius 2 is 2.18 bits per heavy atom. The molecule has 5 heteroatoms. The van der Waals surface area contributed by atoms with Crippen molar-refractivity contribution in [3.63, 3.8) is 0 Å². The zero-order valence-corrected chi connectivity index (χ0v) is 11.7. The number of methoxy groups -OCH3 is 1. The topological polar surface area (TPSA) is 50.4 Å². The van der Waals surface area contributed by atoms with Gasteiger partial charge in [0.1, 0.15) is 0 Å². The van der Waals surface area contributed by atoms with E-state index in [0.29, 0.717) is 6.42 Å². The lowest BCUT2D eigenvalue weighted by atomic mass is 9.79. The molecule has 17 heavy (non-hydrogen) atoms. The Kier molecular flexibility index (Phi) is 6.92. The lowest BCUT2D eigenvalue weighted by molar-refractivity contribution is -0.121. The van der Waals surface area contributed by atoms with Gasteiger partial charge in [0.05, 0.1) is 6.61 Å². The van der Waals surface area contributed by atoms with Crippen molar-refractivity contribution in [2.24, 2.45) is 5.41 Å². The van der Waals surface area contributed by atoms with Crippen LogP contribution in [0.1, 0.15) is 19.3 Å². The number of piperidine rings is 1. The second kappa shape index (κ2) is 7.95. The van der Waals surface area contributed by atoms with Crippen molar-refractivity contribution >= 4 is 17.7 Å². The van der Waals surface area contributed by atoms with Gasteiger partial charge in [-0.05, 0) is 32.2 Å². The predicted octanol–water partition coefficient (Wildman–Crippen LogP) is 0.872. The molecule has 0 atom stereocenters. The highest BCUT2D eigenvalue weighted by Crippen LogP contribution is 2.28. The molecule has 0 aromatic heterocycles. The number of hydrogen-bond donors (Lipinski definition) is 2. The van der Waals surface area contributed by atoms with E-state index < -0.39 is 0 Å². The quantitative estimate of drug-likeness (QED) is 0.713. The van der Waals surface area contributed by atoms with Crippen LogP contribution >= 0.6 is 11.8 Å². The van der Waals surface area contributed by atoms with Crippen LogP contribution in [0.25, 0.3) is 0 Å². The number of carbonyl (C=O) groups excluding carboxylic acids is 1. The number of hydrogen-bond acceptors (Lipinski definition) is 4. The second-order valence-electron chi connectivity index (χ2n) is 4.70. The lowest BCUT2D eigenvalue weighted by Crippen LogP contribution is -2.47. The van der Waals surface area contributed by atoms with Gasteiger partial charge < -0.3 is 15.4 Å². The number of nitrogens with one attached hydrogen (secondary N) is 2. The van der Waals surface area contributed by atoms with E-state index in [1.54, 1.807) is 18.9 Å². The van der Waals surface area contributed by atoms with Gasteiger partial charge in [-0.3, -0.25) is 4.79 Å². The van der Waals surface area contributed by atoms with Gasteiger partial charge in [-0.2, -0.15) is 11.8 Å². The van der Waals surface area contributed by atoms with E-state index in [-0.39, 0.29) is 11.3 Å². The van der Waals surface area contributed by atoms with E-state index in [4.69, 9.17) is 4.74 Å². The molecule has 0 saturated carbocycles. The van der Waals surface area contributed by atoms with Gasteiger partial charge in [0.15, 0.2) is 0 Å². The maximum atomic E-state index is 11.6. The first-order chi connectivity index (χ1) is 8.22. The third kappa shape index (κ3) is 5.27. The van der Waals surface area contributed by atoms with Gasteiger partial charge in [0.25, 0.3) is 0 Å². The van der Waals surface area contributed by atoms with Crippen molar-refractivity contribution in [3.05, 3.63) is 0 Å². The molecular formula is C12H24N2O2S. The molecule has 0 spiro atoms. The Hall–Kier alpha value is -0.260. The minimum absolute atomic E-state index is 0.134. The van der Waals surface area contributed by atoms with Crippen molar-refractivity contribution < 1.29 is 9.53 Å². The van der Waals surface area contributed by atoms with Crippen LogP contribution < -0.4 is 10.6 Å². The van der Waals surface area contributed by atoms with Crippen LogP contribution in [-0.2, 0) is 9.53 Å². The third-order valence-electron chi connectivity index (χ3n) is 3.31. The van der Waals surface area contributed by atoms with E-state index in [2.05, 4.69) is 10.6 Å². The average molecular weight is 260 g/mol. The molecule has 1 amide bonds. The summed E-state index contributed by atoms with van der Waals surface area (Å²) in [7, 11) is 1.74. The van der Waals surface area contributed by atoms with Crippen molar-refractivity contribution in [3.8, 4) is 0 Å². The molecule has 0 aromatic rings. The van der Waals surface area contributed by atoms with Crippen LogP contribution in [0.4, 0.5) is 0 Å². The van der Waals surface area contributed by atoms with Crippen LogP contribution in [0.15, 0.2) is 0 Å². The molecule has 0 aromatic carbocycles. The second-order valence-corrected chi connectivity index (χ2v) is 5.69. The lowest BCUT2D eigenvalue weighted by Gasteiger charge is -2.37. The Bertz CT molecular complexity index is 225. The SMILES string of the molecule is COCC1(CNC(=O)CCSC)CCNCC1. The number of rotatable bonds is 7. The van der Waals surface area contributed by atoms with Crippen molar-refractivity contribution in [2.75, 3.05) is 45.4 Å². The molecule has 0 radical (unpaired) electrons. The minimum Gasteiger partial charge on any atom is -0.384 e. The average Bonchev–Trinajstić information content (AvgIpc) is 2.35. The van der Waals surface area contributed by atoms with Crippen LogP contribution in [-0.4, -0.2) is 51.3 Å². The maximum absolute atomic E-state index is 11.6. The summed E-state index contributed by atoms with van der Waals surface area (Å²) >= 11 is 1.71. The minimum atomic E-state index is 0.134. The van der Waals surface area contributed by atoms with Crippen molar-refractivity contribution in [1.29, 1.82) is 0 Å². The largest absolute Gasteiger partial charge is 0.384 e. The highest BCUT2D eigenvalue weighted by molar-refractivity contribution is 7.98. The van der Waals surface area contributed by atoms with Crippen molar-refractivity contribution in [1.82, 2.24) is 10.6 Å². The molecular weight excluding hydrogens is 236 g/mol. The summed E-state index contributed by atoms with van der Waals surface area (Å²) in [5, 5.41) is 6.40. The Morgan fingerprint density at radius 1 is 1.47 bits per heavy atom. The first-order valence-corrected chi connectivity index (χ1v) is 7.57. The molecule has 0 aliphatic carbocycles. The molecule has 1 heterocycles. The fourth-order valence-electron chi connectivity index (χ4n) is 2.20.